The molecule has 3 aliphatic rings. The van der Waals surface area contributed by atoms with E-state index in [0.717, 1.165) is 63.5 Å². The van der Waals surface area contributed by atoms with Gasteiger partial charge in [-0.15, -0.1) is 0 Å². The highest BCUT2D eigenvalue weighted by molar-refractivity contribution is 5.93. The van der Waals surface area contributed by atoms with Crippen LogP contribution in [0.25, 0.3) is 23.0 Å². The highest BCUT2D eigenvalue weighted by Crippen LogP contribution is 2.43. The van der Waals surface area contributed by atoms with E-state index in [4.69, 9.17) is 9.47 Å². The van der Waals surface area contributed by atoms with Crippen molar-refractivity contribution in [3.05, 3.63) is 59.7 Å². The predicted molar refractivity (Wildman–Crippen MR) is 143 cm³/mol. The summed E-state index contributed by atoms with van der Waals surface area (Å²) in [5.41, 5.74) is 3.41. The molecule has 2 aliphatic heterocycles. The van der Waals surface area contributed by atoms with E-state index in [2.05, 4.69) is 23.6 Å². The lowest BCUT2D eigenvalue weighted by Gasteiger charge is -2.35. The van der Waals surface area contributed by atoms with Crippen molar-refractivity contribution in [3.63, 3.8) is 0 Å². The Morgan fingerprint density at radius 2 is 1.89 bits per heavy atom. The van der Waals surface area contributed by atoms with Gasteiger partial charge in [-0.25, -0.2) is 13.9 Å². The first-order valence-corrected chi connectivity index (χ1v) is 13.9. The summed E-state index contributed by atoms with van der Waals surface area (Å²) in [5, 5.41) is 4.63. The van der Waals surface area contributed by atoms with Crippen LogP contribution in [0.15, 0.2) is 36.9 Å². The fourth-order valence-corrected chi connectivity index (χ4v) is 6.28. The molecule has 4 heterocycles. The van der Waals surface area contributed by atoms with Gasteiger partial charge in [0, 0.05) is 37.1 Å². The van der Waals surface area contributed by atoms with Crippen molar-refractivity contribution < 1.29 is 18.7 Å². The van der Waals surface area contributed by atoms with Crippen LogP contribution >= 0.6 is 0 Å². The third kappa shape index (κ3) is 4.64. The van der Waals surface area contributed by atoms with Gasteiger partial charge in [0.2, 0.25) is 0 Å². The molecule has 7 nitrogen and oxygen atoms in total. The second kappa shape index (κ2) is 10.2. The second-order valence-electron chi connectivity index (χ2n) is 10.9. The Labute approximate surface area is 222 Å². The number of amides is 1. The van der Waals surface area contributed by atoms with Gasteiger partial charge in [-0.05, 0) is 68.4 Å². The summed E-state index contributed by atoms with van der Waals surface area (Å²) >= 11 is 0. The Morgan fingerprint density at radius 1 is 1.11 bits per heavy atom. The molecule has 3 aromatic rings. The molecule has 200 valence electrons. The average Bonchev–Trinajstić information content (AvgIpc) is 3.51. The van der Waals surface area contributed by atoms with Crippen molar-refractivity contribution in [2.24, 2.45) is 0 Å². The molecule has 3 fully saturated rings. The fraction of sp³-hybridized carbons (Fsp3) is 0.500. The number of hydrogen-bond donors (Lipinski definition) is 0. The number of aromatic nitrogens is 3. The van der Waals surface area contributed by atoms with Gasteiger partial charge in [-0.1, -0.05) is 25.5 Å². The molecule has 1 saturated carbocycles. The summed E-state index contributed by atoms with van der Waals surface area (Å²) in [4.78, 5) is 20.0. The predicted octanol–water partition coefficient (Wildman–Crippen LogP) is 5.98. The maximum Gasteiger partial charge on any atom is 0.272 e. The minimum absolute atomic E-state index is 0.0778. The third-order valence-corrected chi connectivity index (χ3v) is 8.50. The number of rotatable bonds is 4. The summed E-state index contributed by atoms with van der Waals surface area (Å²) in [6, 6.07) is 9.08. The van der Waals surface area contributed by atoms with E-state index >= 15 is 4.39 Å². The van der Waals surface area contributed by atoms with Crippen LogP contribution in [0.3, 0.4) is 0 Å². The van der Waals surface area contributed by atoms with Crippen molar-refractivity contribution in [3.8, 4) is 11.3 Å². The van der Waals surface area contributed by atoms with Gasteiger partial charge in [0.1, 0.15) is 11.5 Å². The third-order valence-electron chi connectivity index (χ3n) is 8.50. The Balaban J connectivity index is 1.26. The van der Waals surface area contributed by atoms with Gasteiger partial charge in [0.05, 0.1) is 24.6 Å². The summed E-state index contributed by atoms with van der Waals surface area (Å²) in [6.45, 7) is 8.05. The largest absolute Gasteiger partial charge is 0.348 e. The van der Waals surface area contributed by atoms with Gasteiger partial charge in [-0.3, -0.25) is 4.79 Å². The van der Waals surface area contributed by atoms with Crippen LogP contribution in [0, 0.1) is 5.82 Å². The summed E-state index contributed by atoms with van der Waals surface area (Å²) in [6.07, 6.45) is 9.41. The average molecular weight is 519 g/mol. The smallest absolute Gasteiger partial charge is 0.272 e. The monoisotopic (exact) mass is 518 g/mol. The van der Waals surface area contributed by atoms with Crippen LogP contribution in [0.5, 0.6) is 0 Å². The van der Waals surface area contributed by atoms with Gasteiger partial charge in [0.25, 0.3) is 5.91 Å². The lowest BCUT2D eigenvalue weighted by molar-refractivity contribution is -0.178. The zero-order valence-electron chi connectivity index (χ0n) is 22.0. The van der Waals surface area contributed by atoms with E-state index in [1.54, 1.807) is 34.9 Å². The van der Waals surface area contributed by atoms with Crippen LogP contribution in [0.1, 0.15) is 86.0 Å². The first-order chi connectivity index (χ1) is 18.5. The Bertz CT molecular complexity index is 1350. The fourth-order valence-electron chi connectivity index (χ4n) is 6.28. The molecule has 1 aliphatic carbocycles. The molecule has 2 aromatic heterocycles. The van der Waals surface area contributed by atoms with E-state index in [-0.39, 0.29) is 23.7 Å². The molecule has 0 radical (unpaired) electrons. The lowest BCUT2D eigenvalue weighted by Crippen LogP contribution is -2.38. The number of carbonyl (C=O) groups excluding carboxylic acids is 1. The highest BCUT2D eigenvalue weighted by Gasteiger charge is 2.40. The van der Waals surface area contributed by atoms with Crippen LogP contribution in [0.2, 0.25) is 0 Å². The Kier molecular flexibility index (Phi) is 6.78. The van der Waals surface area contributed by atoms with Crippen LogP contribution in [-0.2, 0) is 9.47 Å². The zero-order chi connectivity index (χ0) is 26.3. The number of halogens is 1. The van der Waals surface area contributed by atoms with Crippen molar-refractivity contribution in [1.82, 2.24) is 19.5 Å². The number of ether oxygens (including phenoxy) is 2. The minimum Gasteiger partial charge on any atom is -0.348 e. The first kappa shape index (κ1) is 25.2. The quantitative estimate of drug-likeness (QED) is 0.425. The van der Waals surface area contributed by atoms with Crippen molar-refractivity contribution in [2.75, 3.05) is 19.8 Å². The van der Waals surface area contributed by atoms with E-state index in [1.807, 2.05) is 11.0 Å². The number of nitrogens with zero attached hydrogens (tertiary/aromatic N) is 4. The molecule has 0 unspecified atom stereocenters. The molecule has 38 heavy (non-hydrogen) atoms. The molecular weight excluding hydrogens is 483 g/mol. The van der Waals surface area contributed by atoms with E-state index in [9.17, 15) is 4.79 Å². The molecule has 1 atom stereocenters. The van der Waals surface area contributed by atoms with Crippen molar-refractivity contribution in [2.45, 2.75) is 76.0 Å². The maximum atomic E-state index is 15.4. The SMILES string of the molecule is C=Cc1cc(C(=O)N2CCCCC[C@H]2C)nc2cc(-c3ccc(C4CCC5(CC4)OCCO5)cc3F)nn12. The molecule has 8 heteroatoms. The summed E-state index contributed by atoms with van der Waals surface area (Å²) < 4.78 is 28.7. The first-order valence-electron chi connectivity index (χ1n) is 13.9. The van der Waals surface area contributed by atoms with Crippen LogP contribution < -0.4 is 0 Å². The standard InChI is InChI=1S/C30H35FN4O3/c1-3-23-18-27(29(36)34-14-6-4-5-7-20(34)2)32-28-19-26(33-35(23)28)24-9-8-22(17-25(24)31)21-10-12-30(13-11-21)37-15-16-38-30/h3,8-9,17-21H,1,4-7,10-16H2,2H3/t20-/m1/s1. The molecule has 1 amide bonds. The molecule has 0 N–H and O–H groups in total. The van der Waals surface area contributed by atoms with Gasteiger partial charge in [0.15, 0.2) is 11.4 Å². The van der Waals surface area contributed by atoms with Crippen LogP contribution in [0.4, 0.5) is 4.39 Å². The molecule has 1 aromatic carbocycles. The number of carbonyl (C=O) groups is 1. The van der Waals surface area contributed by atoms with Crippen molar-refractivity contribution >= 4 is 17.6 Å². The van der Waals surface area contributed by atoms with Crippen LogP contribution in [-0.4, -0.2) is 57.0 Å². The van der Waals surface area contributed by atoms with Gasteiger partial charge >= 0.3 is 0 Å². The number of hydrogen-bond acceptors (Lipinski definition) is 5. The zero-order valence-corrected chi connectivity index (χ0v) is 22.0. The molecule has 1 spiro atoms. The number of fused-ring (bicyclic) bond motifs is 1. The summed E-state index contributed by atoms with van der Waals surface area (Å²) in [5.74, 6) is -0.533. The molecule has 0 bridgehead atoms. The Hall–Kier alpha value is -3.10. The van der Waals surface area contributed by atoms with Crippen molar-refractivity contribution in [1.29, 1.82) is 0 Å². The van der Waals surface area contributed by atoms with Gasteiger partial charge in [-0.2, -0.15) is 5.10 Å². The Morgan fingerprint density at radius 3 is 2.63 bits per heavy atom. The van der Waals surface area contributed by atoms with E-state index in [1.165, 1.54) is 0 Å². The minimum atomic E-state index is -0.424. The van der Waals surface area contributed by atoms with E-state index in [0.29, 0.717) is 41.5 Å². The molecular formula is C30H35FN4O3. The maximum absolute atomic E-state index is 15.4. The summed E-state index contributed by atoms with van der Waals surface area (Å²) in [7, 11) is 0. The number of likely N-dealkylation sites (tertiary alicyclic amines) is 1. The van der Waals surface area contributed by atoms with Gasteiger partial charge < -0.3 is 14.4 Å². The lowest BCUT2D eigenvalue weighted by atomic mass is 9.80. The number of benzene rings is 1. The van der Waals surface area contributed by atoms with E-state index < -0.39 is 5.79 Å². The highest BCUT2D eigenvalue weighted by atomic mass is 19.1. The normalized spacial score (nSPS) is 22.2. The second-order valence-corrected chi connectivity index (χ2v) is 10.9. The molecule has 2 saturated heterocycles. The molecule has 6 rings (SSSR count). The topological polar surface area (TPSA) is 69.0 Å².